The number of likely N-dealkylation sites (N-methyl/N-ethyl adjacent to an activating group) is 2. The van der Waals surface area contributed by atoms with Gasteiger partial charge in [0, 0.05) is 57.5 Å². The molecule has 2 N–H and O–H groups in total. The Morgan fingerprint density at radius 2 is 1.86 bits per heavy atom. The molecule has 196 valence electrons. The molecule has 1 amide bonds. The summed E-state index contributed by atoms with van der Waals surface area (Å²) in [4.78, 5) is 16.9. The molecule has 0 spiro atoms. The predicted octanol–water partition coefficient (Wildman–Crippen LogP) is 3.70. The smallest absolute Gasteiger partial charge is 0.225 e. The lowest BCUT2D eigenvalue weighted by Crippen LogP contribution is -2.36. The van der Waals surface area contributed by atoms with Crippen LogP contribution < -0.4 is 10.1 Å². The molecule has 1 aliphatic rings. The molecule has 1 heterocycles. The molecule has 3 rings (SSSR count). The van der Waals surface area contributed by atoms with Crippen LogP contribution in [0.15, 0.2) is 36.7 Å². The van der Waals surface area contributed by atoms with Crippen molar-refractivity contribution in [2.45, 2.75) is 52.1 Å². The van der Waals surface area contributed by atoms with E-state index in [1.165, 1.54) is 24.8 Å². The number of nitrogens with one attached hydrogen (secondary N) is 2. The first-order valence-electron chi connectivity index (χ1n) is 12.9. The summed E-state index contributed by atoms with van der Waals surface area (Å²) in [5.74, 6) is 1.40. The first kappa shape index (κ1) is 28.8. The number of carbonyl (C=O) groups excluding carboxylic acids is 1. The fourth-order valence-electron chi connectivity index (χ4n) is 4.17. The minimum Gasteiger partial charge on any atom is -0.491 e. The number of methoxy groups -OCH3 is 1. The quantitative estimate of drug-likeness (QED) is 0.419. The Morgan fingerprint density at radius 3 is 2.46 bits per heavy atom. The topological polar surface area (TPSA) is 82.7 Å². The standard InChI is InChI=1S/C19H29NO3.C8H16N4/c1-3-20(19(21)17-7-5-4-6-8-17)15-16-9-11-18(12-10-16)23-14-13-22-2;1-9-3-4-12(2)7-8-5-10-11-6-8/h9-12,17H,3-8,13-15H2,1-2H3;5-6,9H,3-4,7H2,1-2H3,(H,10,11). The second-order valence-electron chi connectivity index (χ2n) is 9.12. The summed E-state index contributed by atoms with van der Waals surface area (Å²) >= 11 is 0. The largest absolute Gasteiger partial charge is 0.491 e. The highest BCUT2D eigenvalue weighted by atomic mass is 16.5. The number of aromatic amines is 1. The zero-order valence-electron chi connectivity index (χ0n) is 22.1. The number of hydrogen-bond acceptors (Lipinski definition) is 6. The lowest BCUT2D eigenvalue weighted by atomic mass is 9.88. The number of carbonyl (C=O) groups is 1. The van der Waals surface area contributed by atoms with E-state index in [0.717, 1.165) is 50.3 Å². The average molecular weight is 488 g/mol. The minimum atomic E-state index is 0.236. The van der Waals surface area contributed by atoms with Gasteiger partial charge in [0.25, 0.3) is 0 Å². The predicted molar refractivity (Wildman–Crippen MR) is 140 cm³/mol. The van der Waals surface area contributed by atoms with Gasteiger partial charge in [-0.05, 0) is 51.6 Å². The molecule has 0 atom stereocenters. The van der Waals surface area contributed by atoms with Gasteiger partial charge in [-0.1, -0.05) is 31.4 Å². The van der Waals surface area contributed by atoms with E-state index < -0.39 is 0 Å². The monoisotopic (exact) mass is 487 g/mol. The Bertz CT molecular complexity index is 792. The summed E-state index contributed by atoms with van der Waals surface area (Å²) in [6, 6.07) is 8.01. The first-order chi connectivity index (χ1) is 17.1. The Kier molecular flexibility index (Phi) is 14.1. The third-order valence-electron chi connectivity index (χ3n) is 6.25. The van der Waals surface area contributed by atoms with Crippen molar-refractivity contribution in [2.75, 3.05) is 54.1 Å². The van der Waals surface area contributed by atoms with E-state index in [-0.39, 0.29) is 5.92 Å². The van der Waals surface area contributed by atoms with Gasteiger partial charge >= 0.3 is 0 Å². The zero-order chi connectivity index (χ0) is 25.3. The highest BCUT2D eigenvalue weighted by Crippen LogP contribution is 2.26. The average Bonchev–Trinajstić information content (AvgIpc) is 3.40. The third-order valence-corrected chi connectivity index (χ3v) is 6.25. The summed E-state index contributed by atoms with van der Waals surface area (Å²) < 4.78 is 10.5. The summed E-state index contributed by atoms with van der Waals surface area (Å²) in [6.45, 7) is 7.68. The normalized spacial score (nSPS) is 13.9. The van der Waals surface area contributed by atoms with Crippen molar-refractivity contribution in [3.05, 3.63) is 47.8 Å². The second kappa shape index (κ2) is 17.1. The molecule has 0 unspecified atom stereocenters. The minimum absolute atomic E-state index is 0.236. The summed E-state index contributed by atoms with van der Waals surface area (Å²) in [5, 5.41) is 9.80. The number of benzene rings is 1. The molecule has 1 saturated carbocycles. The number of aromatic nitrogens is 2. The molecule has 1 aromatic heterocycles. The van der Waals surface area contributed by atoms with Crippen LogP contribution in [0.1, 0.15) is 50.2 Å². The molecule has 8 nitrogen and oxygen atoms in total. The van der Waals surface area contributed by atoms with Gasteiger partial charge in [-0.2, -0.15) is 5.10 Å². The van der Waals surface area contributed by atoms with Crippen molar-refractivity contribution in [1.82, 2.24) is 25.3 Å². The maximum Gasteiger partial charge on any atom is 0.225 e. The zero-order valence-corrected chi connectivity index (χ0v) is 22.1. The number of nitrogens with zero attached hydrogens (tertiary/aromatic N) is 3. The fraction of sp³-hybridized carbons (Fsp3) is 0.630. The van der Waals surface area contributed by atoms with Gasteiger partial charge in [0.05, 0.1) is 12.8 Å². The van der Waals surface area contributed by atoms with E-state index in [1.807, 2.05) is 48.6 Å². The van der Waals surface area contributed by atoms with Crippen LogP contribution in [0.4, 0.5) is 0 Å². The lowest BCUT2D eigenvalue weighted by Gasteiger charge is -2.28. The van der Waals surface area contributed by atoms with Gasteiger partial charge in [0.2, 0.25) is 5.91 Å². The molecule has 35 heavy (non-hydrogen) atoms. The van der Waals surface area contributed by atoms with Gasteiger partial charge < -0.3 is 24.6 Å². The van der Waals surface area contributed by atoms with E-state index in [9.17, 15) is 4.79 Å². The number of amides is 1. The van der Waals surface area contributed by atoms with Crippen molar-refractivity contribution in [3.8, 4) is 5.75 Å². The number of rotatable bonds is 13. The molecular formula is C27H45N5O3. The lowest BCUT2D eigenvalue weighted by molar-refractivity contribution is -0.137. The molecule has 0 saturated heterocycles. The van der Waals surface area contributed by atoms with E-state index in [2.05, 4.69) is 34.4 Å². The van der Waals surface area contributed by atoms with Crippen molar-refractivity contribution < 1.29 is 14.3 Å². The van der Waals surface area contributed by atoms with Gasteiger partial charge in [-0.15, -0.1) is 0 Å². The Labute approximate surface area is 211 Å². The first-order valence-corrected chi connectivity index (χ1v) is 12.9. The van der Waals surface area contributed by atoms with Gasteiger partial charge in [0.15, 0.2) is 0 Å². The second-order valence-corrected chi connectivity index (χ2v) is 9.12. The molecule has 1 aromatic carbocycles. The van der Waals surface area contributed by atoms with Crippen LogP contribution in [-0.2, 0) is 22.6 Å². The Morgan fingerprint density at radius 1 is 1.11 bits per heavy atom. The summed E-state index contributed by atoms with van der Waals surface area (Å²) in [7, 11) is 5.73. The van der Waals surface area contributed by atoms with Crippen molar-refractivity contribution in [3.63, 3.8) is 0 Å². The third kappa shape index (κ3) is 11.2. The van der Waals surface area contributed by atoms with E-state index in [0.29, 0.717) is 25.7 Å². The van der Waals surface area contributed by atoms with Crippen LogP contribution >= 0.6 is 0 Å². The van der Waals surface area contributed by atoms with Gasteiger partial charge in [0.1, 0.15) is 12.4 Å². The van der Waals surface area contributed by atoms with Crippen LogP contribution in [0.3, 0.4) is 0 Å². The van der Waals surface area contributed by atoms with Crippen molar-refractivity contribution in [2.24, 2.45) is 5.92 Å². The van der Waals surface area contributed by atoms with E-state index in [1.54, 1.807) is 7.11 Å². The summed E-state index contributed by atoms with van der Waals surface area (Å²) in [5.41, 5.74) is 2.38. The molecular weight excluding hydrogens is 442 g/mol. The maximum atomic E-state index is 12.7. The van der Waals surface area contributed by atoms with Crippen molar-refractivity contribution >= 4 is 5.91 Å². The number of ether oxygens (including phenoxy) is 2. The van der Waals surface area contributed by atoms with Crippen molar-refractivity contribution in [1.29, 1.82) is 0 Å². The SMILES string of the molecule is CCN(Cc1ccc(OCCOC)cc1)C(=O)C1CCCCC1.CNCCN(C)Cc1cn[nH]c1. The van der Waals surface area contributed by atoms with E-state index >= 15 is 0 Å². The number of H-pyrrole nitrogens is 1. The van der Waals surface area contributed by atoms with Gasteiger partial charge in [-0.25, -0.2) is 0 Å². The van der Waals surface area contributed by atoms with E-state index in [4.69, 9.17) is 9.47 Å². The molecule has 1 fully saturated rings. The molecule has 2 aromatic rings. The van der Waals surface area contributed by atoms with Crippen LogP contribution in [-0.4, -0.2) is 80.0 Å². The van der Waals surface area contributed by atoms with Crippen LogP contribution in [0.25, 0.3) is 0 Å². The highest BCUT2D eigenvalue weighted by Gasteiger charge is 2.25. The molecule has 8 heteroatoms. The molecule has 0 aliphatic heterocycles. The van der Waals surface area contributed by atoms with Crippen LogP contribution in [0.5, 0.6) is 5.75 Å². The Hall–Kier alpha value is -2.42. The Balaban J connectivity index is 0.000000303. The maximum absolute atomic E-state index is 12.7. The van der Waals surface area contributed by atoms with Crippen LogP contribution in [0.2, 0.25) is 0 Å². The van der Waals surface area contributed by atoms with Crippen LogP contribution in [0, 0.1) is 5.92 Å². The number of hydrogen-bond donors (Lipinski definition) is 2. The molecule has 1 aliphatic carbocycles. The summed E-state index contributed by atoms with van der Waals surface area (Å²) in [6.07, 6.45) is 9.57. The fourth-order valence-corrected chi connectivity index (χ4v) is 4.17. The molecule has 0 bridgehead atoms. The van der Waals surface area contributed by atoms with Gasteiger partial charge in [-0.3, -0.25) is 9.89 Å². The molecule has 0 radical (unpaired) electrons. The highest BCUT2D eigenvalue weighted by molar-refractivity contribution is 5.78.